The highest BCUT2D eigenvalue weighted by molar-refractivity contribution is 6.33. The second kappa shape index (κ2) is 7.62. The van der Waals surface area contributed by atoms with Crippen LogP contribution in [0.5, 0.6) is 0 Å². The number of halogens is 2. The van der Waals surface area contributed by atoms with Gasteiger partial charge in [-0.05, 0) is 35.0 Å². The van der Waals surface area contributed by atoms with Gasteiger partial charge in [0, 0.05) is 11.1 Å². The number of carbonyl (C=O) groups excluding carboxylic acids is 1. The Labute approximate surface area is 164 Å². The van der Waals surface area contributed by atoms with E-state index in [2.05, 4.69) is 20.7 Å². The number of carbonyl (C=O) groups is 1. The summed E-state index contributed by atoms with van der Waals surface area (Å²) in [4.78, 5) is 12.2. The summed E-state index contributed by atoms with van der Waals surface area (Å²) in [6.45, 7) is 0. The van der Waals surface area contributed by atoms with Crippen molar-refractivity contribution in [3.05, 3.63) is 88.8 Å². The van der Waals surface area contributed by atoms with Gasteiger partial charge in [-0.1, -0.05) is 54.1 Å². The number of benzene rings is 3. The van der Waals surface area contributed by atoms with E-state index in [0.717, 1.165) is 22.6 Å². The zero-order valence-corrected chi connectivity index (χ0v) is 15.2. The van der Waals surface area contributed by atoms with Crippen molar-refractivity contribution in [3.63, 3.8) is 0 Å². The minimum absolute atomic E-state index is 0.103. The fourth-order valence-electron chi connectivity index (χ4n) is 2.78. The van der Waals surface area contributed by atoms with Gasteiger partial charge in [0.05, 0.1) is 16.9 Å². The highest BCUT2D eigenvalue weighted by Crippen LogP contribution is 2.23. The Hall–Kier alpha value is -3.51. The summed E-state index contributed by atoms with van der Waals surface area (Å²) < 4.78 is 13.7. The van der Waals surface area contributed by atoms with E-state index in [-0.39, 0.29) is 16.3 Å². The van der Waals surface area contributed by atoms with Gasteiger partial charge in [0.25, 0.3) is 5.91 Å². The number of fused-ring (bicyclic) bond motifs is 1. The van der Waals surface area contributed by atoms with Gasteiger partial charge in [0.2, 0.25) is 0 Å². The first-order valence-corrected chi connectivity index (χ1v) is 8.81. The van der Waals surface area contributed by atoms with E-state index in [4.69, 9.17) is 11.6 Å². The number of hydrogen-bond acceptors (Lipinski definition) is 3. The topological polar surface area (TPSA) is 70.1 Å². The van der Waals surface area contributed by atoms with Gasteiger partial charge >= 0.3 is 0 Å². The molecule has 0 radical (unpaired) electrons. The Morgan fingerprint density at radius 1 is 1.07 bits per heavy atom. The van der Waals surface area contributed by atoms with Crippen molar-refractivity contribution in [1.82, 2.24) is 15.6 Å². The van der Waals surface area contributed by atoms with Crippen LogP contribution in [-0.2, 0) is 0 Å². The van der Waals surface area contributed by atoms with E-state index in [9.17, 15) is 9.18 Å². The first-order chi connectivity index (χ1) is 13.6. The van der Waals surface area contributed by atoms with Crippen molar-refractivity contribution < 1.29 is 9.18 Å². The van der Waals surface area contributed by atoms with E-state index >= 15 is 0 Å². The van der Waals surface area contributed by atoms with Gasteiger partial charge in [-0.15, -0.1) is 0 Å². The van der Waals surface area contributed by atoms with Crippen molar-refractivity contribution in [2.24, 2.45) is 5.10 Å². The molecule has 0 aliphatic heterocycles. The van der Waals surface area contributed by atoms with Crippen molar-refractivity contribution in [2.45, 2.75) is 0 Å². The summed E-state index contributed by atoms with van der Waals surface area (Å²) >= 11 is 5.91. The Bertz CT molecular complexity index is 1180. The predicted octanol–water partition coefficient (Wildman–Crippen LogP) is 4.79. The van der Waals surface area contributed by atoms with Gasteiger partial charge in [-0.3, -0.25) is 9.89 Å². The lowest BCUT2D eigenvalue weighted by atomic mass is 10.1. The summed E-state index contributed by atoms with van der Waals surface area (Å²) in [7, 11) is 0. The lowest BCUT2D eigenvalue weighted by molar-refractivity contribution is 0.0950. The van der Waals surface area contributed by atoms with Crippen LogP contribution in [0, 0.1) is 5.82 Å². The maximum atomic E-state index is 13.7. The third kappa shape index (κ3) is 3.63. The molecule has 7 heteroatoms. The van der Waals surface area contributed by atoms with Gasteiger partial charge in [-0.2, -0.15) is 10.2 Å². The fourth-order valence-corrected chi connectivity index (χ4v) is 3.00. The Balaban J connectivity index is 1.50. The second-order valence-electron chi connectivity index (χ2n) is 6.06. The number of aromatic amines is 1. The molecule has 0 fully saturated rings. The van der Waals surface area contributed by atoms with Crippen LogP contribution < -0.4 is 5.43 Å². The largest absolute Gasteiger partial charge is 0.289 e. The Morgan fingerprint density at radius 2 is 1.89 bits per heavy atom. The summed E-state index contributed by atoms with van der Waals surface area (Å²) in [6.07, 6.45) is 1.16. The van der Waals surface area contributed by atoms with Crippen molar-refractivity contribution >= 4 is 34.5 Å². The number of hydrogen-bond donors (Lipinski definition) is 2. The molecule has 4 aromatic rings. The Kier molecular flexibility index (Phi) is 4.87. The maximum absolute atomic E-state index is 13.7. The molecular formula is C21H14ClFN4O. The molecule has 0 saturated heterocycles. The zero-order valence-electron chi connectivity index (χ0n) is 14.5. The number of rotatable bonds is 4. The maximum Gasteiger partial charge on any atom is 0.289 e. The van der Waals surface area contributed by atoms with Gasteiger partial charge in [-0.25, -0.2) is 9.82 Å². The lowest BCUT2D eigenvalue weighted by Gasteiger charge is -2.00. The molecule has 1 heterocycles. The van der Waals surface area contributed by atoms with Crippen LogP contribution in [0.1, 0.15) is 16.1 Å². The summed E-state index contributed by atoms with van der Waals surface area (Å²) in [6, 6.07) is 19.9. The average molecular weight is 393 g/mol. The number of H-pyrrole nitrogens is 1. The quantitative estimate of drug-likeness (QED) is 0.387. The molecule has 0 bridgehead atoms. The van der Waals surface area contributed by atoms with Gasteiger partial charge in [0.1, 0.15) is 11.5 Å². The third-order valence-electron chi connectivity index (χ3n) is 4.23. The lowest BCUT2D eigenvalue weighted by Crippen LogP contribution is -2.18. The first kappa shape index (κ1) is 17.9. The molecule has 0 aliphatic rings. The first-order valence-electron chi connectivity index (χ1n) is 8.44. The van der Waals surface area contributed by atoms with Gasteiger partial charge in [0.15, 0.2) is 0 Å². The number of amides is 1. The summed E-state index contributed by atoms with van der Waals surface area (Å²) in [5.74, 6) is -1.02. The van der Waals surface area contributed by atoms with E-state index in [1.807, 2.05) is 42.5 Å². The third-order valence-corrected chi connectivity index (χ3v) is 4.56. The minimum atomic E-state index is -0.523. The number of nitrogens with one attached hydrogen (secondary N) is 2. The molecule has 138 valence electrons. The average Bonchev–Trinajstić information content (AvgIpc) is 3.20. The molecule has 1 aromatic heterocycles. The molecule has 0 spiro atoms. The van der Waals surface area contributed by atoms with Crippen LogP contribution in [0.25, 0.3) is 22.0 Å². The summed E-state index contributed by atoms with van der Waals surface area (Å²) in [5.41, 5.74) is 4.19. The molecule has 3 aromatic carbocycles. The highest BCUT2D eigenvalue weighted by Gasteiger charge is 2.11. The summed E-state index contributed by atoms with van der Waals surface area (Å²) in [5, 5.41) is 13.1. The van der Waals surface area contributed by atoms with Crippen LogP contribution in [-0.4, -0.2) is 22.3 Å². The van der Waals surface area contributed by atoms with E-state index in [0.29, 0.717) is 5.69 Å². The van der Waals surface area contributed by atoms with E-state index in [1.54, 1.807) is 12.1 Å². The minimum Gasteiger partial charge on any atom is -0.272 e. The molecule has 0 aliphatic carbocycles. The van der Waals surface area contributed by atoms with Crippen molar-refractivity contribution in [1.29, 1.82) is 0 Å². The van der Waals surface area contributed by atoms with Crippen LogP contribution in [0.2, 0.25) is 5.02 Å². The number of hydrazone groups is 1. The highest BCUT2D eigenvalue weighted by atomic mass is 35.5. The van der Waals surface area contributed by atoms with Crippen LogP contribution >= 0.6 is 11.6 Å². The predicted molar refractivity (Wildman–Crippen MR) is 108 cm³/mol. The van der Waals surface area contributed by atoms with Crippen molar-refractivity contribution in [2.75, 3.05) is 0 Å². The molecule has 0 atom stereocenters. The van der Waals surface area contributed by atoms with Crippen LogP contribution in [0.15, 0.2) is 71.8 Å². The molecule has 2 N–H and O–H groups in total. The molecule has 5 nitrogen and oxygen atoms in total. The fraction of sp³-hybridized carbons (Fsp3) is 0. The number of nitrogens with zero attached hydrogens (tertiary/aromatic N) is 2. The zero-order chi connectivity index (χ0) is 19.5. The van der Waals surface area contributed by atoms with Gasteiger partial charge < -0.3 is 0 Å². The van der Waals surface area contributed by atoms with Crippen molar-refractivity contribution in [3.8, 4) is 11.3 Å². The normalized spacial score (nSPS) is 11.2. The second-order valence-corrected chi connectivity index (χ2v) is 6.47. The number of aromatic nitrogens is 2. The van der Waals surface area contributed by atoms with Crippen LogP contribution in [0.4, 0.5) is 4.39 Å². The monoisotopic (exact) mass is 392 g/mol. The molecule has 0 unspecified atom stereocenters. The molecule has 4 rings (SSSR count). The molecule has 0 saturated carbocycles. The molecule has 1 amide bonds. The van der Waals surface area contributed by atoms with E-state index < -0.39 is 11.7 Å². The standard InChI is InChI=1S/C21H14ClFN4O/c22-17-6-3-7-18(23)16(17)12-24-27-21(28)20-11-19(25-26-20)15-9-8-13-4-1-2-5-14(13)10-15/h1-12H,(H,25,26)(H,27,28). The SMILES string of the molecule is O=C(NN=Cc1c(F)cccc1Cl)c1cc(-c2ccc3ccccc3c2)n[nH]1. The van der Waals surface area contributed by atoms with E-state index in [1.165, 1.54) is 12.1 Å². The smallest absolute Gasteiger partial charge is 0.272 e. The molecule has 28 heavy (non-hydrogen) atoms. The molecular weight excluding hydrogens is 379 g/mol. The Morgan fingerprint density at radius 3 is 2.71 bits per heavy atom. The van der Waals surface area contributed by atoms with Crippen LogP contribution in [0.3, 0.4) is 0 Å².